The number of amides is 2. The van der Waals surface area contributed by atoms with Crippen LogP contribution in [0, 0.1) is 30.1 Å². The molecule has 0 saturated heterocycles. The Labute approximate surface area is 157 Å². The Balaban J connectivity index is 1.40. The molecule has 0 atom stereocenters. The minimum atomic E-state index is -0.444. The maximum atomic E-state index is 13.6. The van der Waals surface area contributed by atoms with E-state index in [4.69, 9.17) is 5.21 Å². The third kappa shape index (κ3) is 2.38. The maximum absolute atomic E-state index is 13.6. The highest BCUT2D eigenvalue weighted by atomic mass is 32.1. The normalized spacial score (nSPS) is 34.7. The number of hydrogen-bond donors (Lipinski definition) is 2. The summed E-state index contributed by atoms with van der Waals surface area (Å²) in [5.41, 5.74) is 3.69. The molecule has 6 rings (SSSR count). The molecule has 2 heterocycles. The average molecular weight is 375 g/mol. The van der Waals surface area contributed by atoms with E-state index >= 15 is 0 Å². The van der Waals surface area contributed by atoms with Gasteiger partial charge in [0.1, 0.15) is 0 Å². The van der Waals surface area contributed by atoms with Gasteiger partial charge in [0.25, 0.3) is 5.91 Å². The summed E-state index contributed by atoms with van der Waals surface area (Å²) < 4.78 is 0. The molecule has 6 heteroatoms. The van der Waals surface area contributed by atoms with Crippen molar-refractivity contribution < 1.29 is 14.8 Å². The second kappa shape index (κ2) is 5.80. The molecule has 4 aliphatic carbocycles. The fraction of sp³-hybridized carbons (Fsp3) is 0.700. The van der Waals surface area contributed by atoms with Gasteiger partial charge in [0.2, 0.25) is 5.91 Å². The number of hydroxylamine groups is 1. The van der Waals surface area contributed by atoms with Gasteiger partial charge in [0.15, 0.2) is 0 Å². The van der Waals surface area contributed by atoms with Crippen molar-refractivity contribution in [2.24, 2.45) is 23.2 Å². The van der Waals surface area contributed by atoms with Crippen LogP contribution in [0.2, 0.25) is 0 Å². The molecule has 4 saturated carbocycles. The summed E-state index contributed by atoms with van der Waals surface area (Å²) in [4.78, 5) is 29.3. The van der Waals surface area contributed by atoms with Crippen molar-refractivity contribution in [1.29, 1.82) is 0 Å². The zero-order chi connectivity index (χ0) is 18.1. The number of carbonyl (C=O) groups is 2. The number of fused-ring (bicyclic) bond motifs is 1. The van der Waals surface area contributed by atoms with Gasteiger partial charge < -0.3 is 4.90 Å². The Morgan fingerprint density at radius 1 is 1.15 bits per heavy atom. The lowest BCUT2D eigenvalue weighted by molar-refractivity contribution is -0.158. The van der Waals surface area contributed by atoms with Crippen molar-refractivity contribution >= 4 is 23.2 Å². The quantitative estimate of drug-likeness (QED) is 0.617. The number of rotatable bonds is 2. The Bertz CT molecular complexity index is 749. The van der Waals surface area contributed by atoms with E-state index in [1.807, 2.05) is 6.92 Å². The molecule has 2 N–H and O–H groups in total. The fourth-order valence-electron chi connectivity index (χ4n) is 6.67. The lowest BCUT2D eigenvalue weighted by Gasteiger charge is -2.56. The smallest absolute Gasteiger partial charge is 0.284 e. The van der Waals surface area contributed by atoms with E-state index in [2.05, 4.69) is 4.90 Å². The topological polar surface area (TPSA) is 69.6 Å². The zero-order valence-corrected chi connectivity index (χ0v) is 16.0. The van der Waals surface area contributed by atoms with Crippen LogP contribution in [-0.4, -0.2) is 28.5 Å². The Morgan fingerprint density at radius 3 is 2.35 bits per heavy atom. The molecule has 0 radical (unpaired) electrons. The highest BCUT2D eigenvalue weighted by Crippen LogP contribution is 2.60. The predicted octanol–water partition coefficient (Wildman–Crippen LogP) is 3.28. The van der Waals surface area contributed by atoms with Crippen molar-refractivity contribution in [2.75, 3.05) is 6.54 Å². The van der Waals surface area contributed by atoms with E-state index in [9.17, 15) is 9.59 Å². The third-order valence-corrected chi connectivity index (χ3v) is 8.79. The number of hydrogen-bond acceptors (Lipinski definition) is 4. The SMILES string of the molecule is Cc1c(C(=O)NO)sc2c1CN(C(=O)C13CC4CC(CC(C4)C1)C3)CC2. The molecular weight excluding hydrogens is 348 g/mol. The Morgan fingerprint density at radius 2 is 1.77 bits per heavy atom. The van der Waals surface area contributed by atoms with E-state index in [-0.39, 0.29) is 5.41 Å². The molecule has 5 aliphatic rings. The molecule has 4 fully saturated rings. The second-order valence-electron chi connectivity index (χ2n) is 9.07. The van der Waals surface area contributed by atoms with Crippen molar-refractivity contribution in [3.8, 4) is 0 Å². The number of carbonyl (C=O) groups excluding carboxylic acids is 2. The number of thiophene rings is 1. The van der Waals surface area contributed by atoms with E-state index in [1.54, 1.807) is 5.48 Å². The summed E-state index contributed by atoms with van der Waals surface area (Å²) in [5, 5.41) is 8.95. The summed E-state index contributed by atoms with van der Waals surface area (Å²) in [7, 11) is 0. The van der Waals surface area contributed by atoms with Gasteiger partial charge in [-0.25, -0.2) is 5.48 Å². The minimum absolute atomic E-state index is 0.0958. The second-order valence-corrected chi connectivity index (χ2v) is 10.2. The molecule has 1 aromatic heterocycles. The molecule has 1 aliphatic heterocycles. The maximum Gasteiger partial charge on any atom is 0.284 e. The summed E-state index contributed by atoms with van der Waals surface area (Å²) in [6.07, 6.45) is 8.16. The van der Waals surface area contributed by atoms with Crippen LogP contribution < -0.4 is 5.48 Å². The molecule has 4 bridgehead atoms. The van der Waals surface area contributed by atoms with Crippen molar-refractivity contribution in [2.45, 2.75) is 58.4 Å². The summed E-state index contributed by atoms with van der Waals surface area (Å²) in [6.45, 7) is 3.31. The summed E-state index contributed by atoms with van der Waals surface area (Å²) in [6, 6.07) is 0. The first-order valence-electron chi connectivity index (χ1n) is 9.84. The third-order valence-electron chi connectivity index (χ3n) is 7.40. The molecule has 5 nitrogen and oxygen atoms in total. The first-order valence-corrected chi connectivity index (χ1v) is 10.7. The van der Waals surface area contributed by atoms with Gasteiger partial charge in [-0.05, 0) is 80.8 Å². The molecule has 0 unspecified atom stereocenters. The van der Waals surface area contributed by atoms with Crippen molar-refractivity contribution in [1.82, 2.24) is 10.4 Å². The van der Waals surface area contributed by atoms with E-state index in [1.165, 1.54) is 35.5 Å². The minimum Gasteiger partial charge on any atom is -0.337 e. The molecule has 0 spiro atoms. The van der Waals surface area contributed by atoms with Crippen molar-refractivity contribution in [3.05, 3.63) is 20.9 Å². The lowest BCUT2D eigenvalue weighted by atomic mass is 9.49. The molecule has 1 aromatic rings. The van der Waals surface area contributed by atoms with Crippen LogP contribution in [-0.2, 0) is 17.8 Å². The van der Waals surface area contributed by atoms with Gasteiger partial charge in [-0.3, -0.25) is 14.8 Å². The first kappa shape index (κ1) is 16.8. The van der Waals surface area contributed by atoms with Gasteiger partial charge >= 0.3 is 0 Å². The highest BCUT2D eigenvalue weighted by molar-refractivity contribution is 7.14. The van der Waals surface area contributed by atoms with Gasteiger partial charge in [0, 0.05) is 18.0 Å². The van der Waals surface area contributed by atoms with Crippen LogP contribution in [0.3, 0.4) is 0 Å². The van der Waals surface area contributed by atoms with Crippen LogP contribution in [0.15, 0.2) is 0 Å². The van der Waals surface area contributed by atoms with Gasteiger partial charge in [-0.15, -0.1) is 11.3 Å². The standard InChI is InChI=1S/C20H26N2O3S/c1-11-15-10-22(3-2-16(15)26-17(11)18(23)21-25)19(24)20-7-12-4-13(8-20)6-14(5-12)9-20/h12-14,25H,2-10H2,1H3,(H,21,23). The summed E-state index contributed by atoms with van der Waals surface area (Å²) in [5.74, 6) is 2.25. The van der Waals surface area contributed by atoms with Gasteiger partial charge in [-0.1, -0.05) is 0 Å². The zero-order valence-electron chi connectivity index (χ0n) is 15.2. The van der Waals surface area contributed by atoms with Gasteiger partial charge in [0.05, 0.1) is 10.3 Å². The van der Waals surface area contributed by atoms with Crippen LogP contribution >= 0.6 is 11.3 Å². The predicted molar refractivity (Wildman–Crippen MR) is 98.0 cm³/mol. The molecule has 26 heavy (non-hydrogen) atoms. The monoisotopic (exact) mass is 374 g/mol. The lowest BCUT2D eigenvalue weighted by Crippen LogP contribution is -2.55. The van der Waals surface area contributed by atoms with Crippen LogP contribution in [0.4, 0.5) is 0 Å². The molecule has 0 aromatic carbocycles. The van der Waals surface area contributed by atoms with Crippen LogP contribution in [0.25, 0.3) is 0 Å². The van der Waals surface area contributed by atoms with Crippen LogP contribution in [0.1, 0.15) is 64.2 Å². The van der Waals surface area contributed by atoms with E-state index in [0.717, 1.165) is 61.1 Å². The van der Waals surface area contributed by atoms with Crippen molar-refractivity contribution in [3.63, 3.8) is 0 Å². The first-order chi connectivity index (χ1) is 12.5. The van der Waals surface area contributed by atoms with E-state index < -0.39 is 5.91 Å². The van der Waals surface area contributed by atoms with E-state index in [0.29, 0.717) is 17.3 Å². The fourth-order valence-corrected chi connectivity index (χ4v) is 7.87. The largest absolute Gasteiger partial charge is 0.337 e. The Kier molecular flexibility index (Phi) is 3.73. The van der Waals surface area contributed by atoms with Crippen LogP contribution in [0.5, 0.6) is 0 Å². The average Bonchev–Trinajstić information content (AvgIpc) is 2.95. The highest BCUT2D eigenvalue weighted by Gasteiger charge is 2.55. The summed E-state index contributed by atoms with van der Waals surface area (Å²) >= 11 is 1.46. The molecule has 2 amide bonds. The Hall–Kier alpha value is -1.40. The molecular formula is C20H26N2O3S. The molecule has 140 valence electrons. The number of nitrogens with one attached hydrogen (secondary N) is 1. The van der Waals surface area contributed by atoms with Gasteiger partial charge in [-0.2, -0.15) is 0 Å². The number of nitrogens with zero attached hydrogens (tertiary/aromatic N) is 1.